The Kier molecular flexibility index (Phi) is 5.35. The highest BCUT2D eigenvalue weighted by Gasteiger charge is 2.40. The van der Waals surface area contributed by atoms with Gasteiger partial charge in [0.1, 0.15) is 5.41 Å². The second-order valence-electron chi connectivity index (χ2n) is 7.01. The van der Waals surface area contributed by atoms with Crippen LogP contribution in [0.25, 0.3) is 0 Å². The van der Waals surface area contributed by atoms with Crippen LogP contribution in [0.5, 0.6) is 0 Å². The van der Waals surface area contributed by atoms with E-state index >= 15 is 0 Å². The lowest BCUT2D eigenvalue weighted by Crippen LogP contribution is -2.49. The quantitative estimate of drug-likeness (QED) is 0.852. The molecule has 1 aliphatic heterocycles. The van der Waals surface area contributed by atoms with Crippen molar-refractivity contribution in [3.8, 4) is 0 Å². The normalized spacial score (nSPS) is 16.3. The molecule has 4 nitrogen and oxygen atoms in total. The molecular weight excluding hydrogens is 312 g/mol. The molecule has 23 heavy (non-hydrogen) atoms. The maximum absolute atomic E-state index is 12.7. The number of piperidine rings is 1. The SMILES string of the molecule is Cc1cc(Cl)ccc1NC(=O)C(C)(C)C(=O)N1CCC(C)CC1. The van der Waals surface area contributed by atoms with E-state index in [4.69, 9.17) is 11.6 Å². The minimum Gasteiger partial charge on any atom is -0.342 e. The maximum atomic E-state index is 12.7. The summed E-state index contributed by atoms with van der Waals surface area (Å²) in [4.78, 5) is 27.2. The van der Waals surface area contributed by atoms with Crippen LogP contribution in [-0.2, 0) is 9.59 Å². The van der Waals surface area contributed by atoms with Gasteiger partial charge in [0, 0.05) is 23.8 Å². The van der Waals surface area contributed by atoms with Gasteiger partial charge in [0.25, 0.3) is 0 Å². The molecule has 1 N–H and O–H groups in total. The molecule has 1 aromatic rings. The van der Waals surface area contributed by atoms with Crippen LogP contribution < -0.4 is 5.32 Å². The fourth-order valence-electron chi connectivity index (χ4n) is 2.75. The number of carbonyl (C=O) groups excluding carboxylic acids is 2. The molecule has 1 heterocycles. The van der Waals surface area contributed by atoms with E-state index in [2.05, 4.69) is 12.2 Å². The minimum atomic E-state index is -1.09. The summed E-state index contributed by atoms with van der Waals surface area (Å²) in [6, 6.07) is 5.28. The van der Waals surface area contributed by atoms with Crippen LogP contribution in [-0.4, -0.2) is 29.8 Å². The number of likely N-dealkylation sites (tertiary alicyclic amines) is 1. The van der Waals surface area contributed by atoms with E-state index in [0.29, 0.717) is 16.6 Å². The van der Waals surface area contributed by atoms with Gasteiger partial charge < -0.3 is 10.2 Å². The van der Waals surface area contributed by atoms with Gasteiger partial charge in [-0.1, -0.05) is 18.5 Å². The molecular formula is C18H25ClN2O2. The number of carbonyl (C=O) groups is 2. The first-order chi connectivity index (χ1) is 10.7. The van der Waals surface area contributed by atoms with Gasteiger partial charge in [0.2, 0.25) is 11.8 Å². The van der Waals surface area contributed by atoms with Crippen LogP contribution in [0.4, 0.5) is 5.69 Å². The molecule has 5 heteroatoms. The zero-order chi connectivity index (χ0) is 17.2. The molecule has 1 fully saturated rings. The largest absolute Gasteiger partial charge is 0.342 e. The summed E-state index contributed by atoms with van der Waals surface area (Å²) in [5.74, 6) is 0.257. The lowest BCUT2D eigenvalue weighted by atomic mass is 9.88. The zero-order valence-electron chi connectivity index (χ0n) is 14.3. The second-order valence-corrected chi connectivity index (χ2v) is 7.45. The Morgan fingerprint density at radius 1 is 1.26 bits per heavy atom. The number of hydrogen-bond acceptors (Lipinski definition) is 2. The first-order valence-electron chi connectivity index (χ1n) is 8.09. The Bertz CT molecular complexity index is 605. The molecule has 1 aromatic carbocycles. The van der Waals surface area contributed by atoms with Crippen molar-refractivity contribution in [3.63, 3.8) is 0 Å². The Morgan fingerprint density at radius 2 is 1.87 bits per heavy atom. The number of rotatable bonds is 3. The fraction of sp³-hybridized carbons (Fsp3) is 0.556. The van der Waals surface area contributed by atoms with Crippen molar-refractivity contribution in [2.45, 2.75) is 40.5 Å². The van der Waals surface area contributed by atoms with Crippen LogP contribution >= 0.6 is 11.6 Å². The lowest BCUT2D eigenvalue weighted by molar-refractivity contribution is -0.147. The Balaban J connectivity index is 2.08. The van der Waals surface area contributed by atoms with Crippen molar-refractivity contribution in [2.24, 2.45) is 11.3 Å². The summed E-state index contributed by atoms with van der Waals surface area (Å²) in [5.41, 5.74) is 0.473. The fourth-order valence-corrected chi connectivity index (χ4v) is 2.98. The molecule has 0 atom stereocenters. The molecule has 1 aliphatic rings. The van der Waals surface area contributed by atoms with E-state index in [-0.39, 0.29) is 11.8 Å². The summed E-state index contributed by atoms with van der Waals surface area (Å²) in [6.45, 7) is 8.92. The molecule has 126 valence electrons. The molecule has 0 spiro atoms. The van der Waals surface area contributed by atoms with Crippen molar-refractivity contribution < 1.29 is 9.59 Å². The van der Waals surface area contributed by atoms with E-state index in [0.717, 1.165) is 31.5 Å². The summed E-state index contributed by atoms with van der Waals surface area (Å²) in [7, 11) is 0. The molecule has 0 bridgehead atoms. The number of hydrogen-bond donors (Lipinski definition) is 1. The first-order valence-corrected chi connectivity index (χ1v) is 8.46. The monoisotopic (exact) mass is 336 g/mol. The summed E-state index contributed by atoms with van der Waals surface area (Å²) in [5, 5.41) is 3.48. The lowest BCUT2D eigenvalue weighted by Gasteiger charge is -2.35. The standard InChI is InChI=1S/C18H25ClN2O2/c1-12-7-9-21(10-8-12)17(23)18(3,4)16(22)20-15-6-5-14(19)11-13(15)2/h5-6,11-12H,7-10H2,1-4H3,(H,20,22). The third kappa shape index (κ3) is 4.05. The number of nitrogens with one attached hydrogen (secondary N) is 1. The van der Waals surface area contributed by atoms with E-state index in [1.165, 1.54) is 0 Å². The van der Waals surface area contributed by atoms with Crippen molar-refractivity contribution in [1.29, 1.82) is 0 Å². The van der Waals surface area contributed by atoms with Gasteiger partial charge in [-0.2, -0.15) is 0 Å². The van der Waals surface area contributed by atoms with Gasteiger partial charge >= 0.3 is 0 Å². The minimum absolute atomic E-state index is 0.103. The summed E-state index contributed by atoms with van der Waals surface area (Å²) >= 11 is 5.93. The highest BCUT2D eigenvalue weighted by atomic mass is 35.5. The van der Waals surface area contributed by atoms with E-state index in [1.807, 2.05) is 11.8 Å². The predicted octanol–water partition coefficient (Wildman–Crippen LogP) is 3.87. The third-order valence-electron chi connectivity index (χ3n) is 4.61. The van der Waals surface area contributed by atoms with Crippen LogP contribution in [0.1, 0.15) is 39.2 Å². The zero-order valence-corrected chi connectivity index (χ0v) is 15.0. The van der Waals surface area contributed by atoms with Gasteiger partial charge in [-0.05, 0) is 63.3 Å². The van der Waals surface area contributed by atoms with E-state index in [1.54, 1.807) is 32.0 Å². The van der Waals surface area contributed by atoms with E-state index < -0.39 is 5.41 Å². The average molecular weight is 337 g/mol. The van der Waals surface area contributed by atoms with Gasteiger partial charge in [-0.25, -0.2) is 0 Å². The predicted molar refractivity (Wildman–Crippen MR) is 93.6 cm³/mol. The highest BCUT2D eigenvalue weighted by molar-refractivity contribution is 6.30. The second kappa shape index (κ2) is 6.91. The smallest absolute Gasteiger partial charge is 0.239 e. The topological polar surface area (TPSA) is 49.4 Å². The van der Waals surface area contributed by atoms with Crippen LogP contribution in [0.2, 0.25) is 5.02 Å². The molecule has 0 aliphatic carbocycles. The number of halogens is 1. The number of anilines is 1. The molecule has 0 saturated carbocycles. The average Bonchev–Trinajstić information content (AvgIpc) is 2.50. The van der Waals surface area contributed by atoms with Crippen LogP contribution in [0.3, 0.4) is 0 Å². The Hall–Kier alpha value is -1.55. The highest BCUT2D eigenvalue weighted by Crippen LogP contribution is 2.27. The number of aryl methyl sites for hydroxylation is 1. The van der Waals surface area contributed by atoms with Crippen LogP contribution in [0.15, 0.2) is 18.2 Å². The summed E-state index contributed by atoms with van der Waals surface area (Å²) in [6.07, 6.45) is 2.00. The Morgan fingerprint density at radius 3 is 2.43 bits per heavy atom. The number of nitrogens with zero attached hydrogens (tertiary/aromatic N) is 1. The Labute approximate surface area is 143 Å². The summed E-state index contributed by atoms with van der Waals surface area (Å²) < 4.78 is 0. The third-order valence-corrected chi connectivity index (χ3v) is 4.84. The van der Waals surface area contributed by atoms with Crippen LogP contribution in [0, 0.1) is 18.3 Å². The van der Waals surface area contributed by atoms with Gasteiger partial charge in [-0.3, -0.25) is 9.59 Å². The number of amides is 2. The van der Waals surface area contributed by atoms with Crippen molar-refractivity contribution in [1.82, 2.24) is 4.90 Å². The molecule has 1 saturated heterocycles. The molecule has 0 radical (unpaired) electrons. The first kappa shape index (κ1) is 17.8. The van der Waals surface area contributed by atoms with Crippen molar-refractivity contribution >= 4 is 29.1 Å². The van der Waals surface area contributed by atoms with Gasteiger partial charge in [-0.15, -0.1) is 0 Å². The molecule has 2 rings (SSSR count). The van der Waals surface area contributed by atoms with E-state index in [9.17, 15) is 9.59 Å². The molecule has 0 aromatic heterocycles. The van der Waals surface area contributed by atoms with Crippen molar-refractivity contribution in [3.05, 3.63) is 28.8 Å². The van der Waals surface area contributed by atoms with Gasteiger partial charge in [0.05, 0.1) is 0 Å². The van der Waals surface area contributed by atoms with Gasteiger partial charge in [0.15, 0.2) is 0 Å². The number of benzene rings is 1. The van der Waals surface area contributed by atoms with Crippen molar-refractivity contribution in [2.75, 3.05) is 18.4 Å². The molecule has 0 unspecified atom stereocenters. The maximum Gasteiger partial charge on any atom is 0.239 e. The molecule has 2 amide bonds.